The van der Waals surface area contributed by atoms with Crippen LogP contribution < -0.4 is 4.74 Å². The monoisotopic (exact) mass is 486 g/mol. The van der Waals surface area contributed by atoms with Crippen molar-refractivity contribution in [3.63, 3.8) is 0 Å². The van der Waals surface area contributed by atoms with Gasteiger partial charge in [-0.3, -0.25) is 9.69 Å². The summed E-state index contributed by atoms with van der Waals surface area (Å²) in [7, 11) is 3.35. The number of nitrogens with one attached hydrogen (secondary N) is 1. The quantitative estimate of drug-likeness (QED) is 0.410. The van der Waals surface area contributed by atoms with Crippen LogP contribution in [0.3, 0.4) is 0 Å². The summed E-state index contributed by atoms with van der Waals surface area (Å²) in [5.41, 5.74) is 4.70. The molecule has 8 nitrogen and oxygen atoms in total. The van der Waals surface area contributed by atoms with Gasteiger partial charge in [-0.15, -0.1) is 0 Å². The van der Waals surface area contributed by atoms with Crippen molar-refractivity contribution < 1.29 is 19.4 Å². The molecule has 1 aliphatic heterocycles. The van der Waals surface area contributed by atoms with E-state index in [0.29, 0.717) is 25.3 Å². The number of benzene rings is 2. The second-order valence-electron chi connectivity index (χ2n) is 8.88. The van der Waals surface area contributed by atoms with Crippen LogP contribution in [-0.4, -0.2) is 84.3 Å². The summed E-state index contributed by atoms with van der Waals surface area (Å²) in [5, 5.41) is 11.5. The summed E-state index contributed by atoms with van der Waals surface area (Å²) in [4.78, 5) is 25.2. The Morgan fingerprint density at radius 1 is 1.03 bits per heavy atom. The molecule has 1 saturated heterocycles. The average Bonchev–Trinajstić information content (AvgIpc) is 3.35. The number of para-hydroxylation sites is 1. The third-order valence-electron chi connectivity index (χ3n) is 6.76. The van der Waals surface area contributed by atoms with E-state index in [1.807, 2.05) is 36.5 Å². The average molecular weight is 487 g/mol. The predicted octanol–water partition coefficient (Wildman–Crippen LogP) is 4.02. The molecule has 1 fully saturated rings. The van der Waals surface area contributed by atoms with Crippen molar-refractivity contribution in [2.75, 3.05) is 53.6 Å². The molecule has 3 heterocycles. The van der Waals surface area contributed by atoms with Gasteiger partial charge in [-0.2, -0.15) is 0 Å². The highest BCUT2D eigenvalue weighted by Gasteiger charge is 2.24. The second-order valence-corrected chi connectivity index (χ2v) is 8.88. The summed E-state index contributed by atoms with van der Waals surface area (Å²) < 4.78 is 10.7. The number of carbonyl (C=O) groups is 1. The Bertz CT molecular complexity index is 1380. The number of aromatic amines is 1. The summed E-state index contributed by atoms with van der Waals surface area (Å²) in [5.74, 6) is 0.603. The van der Waals surface area contributed by atoms with Gasteiger partial charge in [0.2, 0.25) is 0 Å². The van der Waals surface area contributed by atoms with Crippen molar-refractivity contribution in [1.29, 1.82) is 0 Å². The van der Waals surface area contributed by atoms with E-state index < -0.39 is 0 Å². The van der Waals surface area contributed by atoms with Crippen LogP contribution in [0.2, 0.25) is 0 Å². The van der Waals surface area contributed by atoms with Crippen LogP contribution in [0.1, 0.15) is 10.4 Å². The first-order chi connectivity index (χ1) is 17.6. The predicted molar refractivity (Wildman–Crippen MR) is 139 cm³/mol. The maximum absolute atomic E-state index is 13.3. The molecule has 4 aromatic rings. The molecule has 0 radical (unpaired) electrons. The van der Waals surface area contributed by atoms with Gasteiger partial charge in [0.15, 0.2) is 0 Å². The number of amides is 1. The molecule has 2 N–H and O–H groups in total. The molecule has 1 amide bonds. The van der Waals surface area contributed by atoms with Crippen molar-refractivity contribution >= 4 is 16.9 Å². The molecule has 0 spiro atoms. The van der Waals surface area contributed by atoms with E-state index >= 15 is 0 Å². The van der Waals surface area contributed by atoms with Crippen molar-refractivity contribution in [1.82, 2.24) is 19.8 Å². The Balaban J connectivity index is 1.43. The lowest BCUT2D eigenvalue weighted by molar-refractivity contribution is 0.0591. The van der Waals surface area contributed by atoms with E-state index in [0.717, 1.165) is 58.7 Å². The number of phenols is 1. The molecular formula is C28H30N4O4. The number of H-pyrrole nitrogens is 1. The Hall–Kier alpha value is -3.88. The SMILES string of the molecule is COCCN1CCN(C(=O)c2cc(-c3cnc4[nH]cc(-c5ccccc5OC)c4c3)ccc2O)CC1. The van der Waals surface area contributed by atoms with Crippen LogP contribution in [0, 0.1) is 0 Å². The summed E-state index contributed by atoms with van der Waals surface area (Å²) >= 11 is 0. The van der Waals surface area contributed by atoms with Gasteiger partial charge < -0.3 is 24.5 Å². The molecule has 0 saturated carbocycles. The maximum atomic E-state index is 13.3. The summed E-state index contributed by atoms with van der Waals surface area (Å²) in [6, 6.07) is 15.1. The smallest absolute Gasteiger partial charge is 0.257 e. The molecule has 186 valence electrons. The number of aromatic nitrogens is 2. The van der Waals surface area contributed by atoms with Gasteiger partial charge in [-0.05, 0) is 29.8 Å². The minimum atomic E-state index is -0.161. The summed E-state index contributed by atoms with van der Waals surface area (Å²) in [6.45, 7) is 4.33. The molecule has 8 heteroatoms. The Morgan fingerprint density at radius 3 is 2.61 bits per heavy atom. The normalized spacial score (nSPS) is 14.3. The number of methoxy groups -OCH3 is 2. The van der Waals surface area contributed by atoms with Crippen LogP contribution in [0.4, 0.5) is 0 Å². The molecule has 2 aromatic carbocycles. The van der Waals surface area contributed by atoms with Crippen LogP contribution in [0.5, 0.6) is 11.5 Å². The molecule has 1 aliphatic rings. The first-order valence-electron chi connectivity index (χ1n) is 12.0. The lowest BCUT2D eigenvalue weighted by atomic mass is 9.99. The number of hydrogen-bond acceptors (Lipinski definition) is 6. The fraction of sp³-hybridized carbons (Fsp3) is 0.286. The van der Waals surface area contributed by atoms with Crippen LogP contribution >= 0.6 is 0 Å². The Kier molecular flexibility index (Phi) is 6.88. The third-order valence-corrected chi connectivity index (χ3v) is 6.76. The first kappa shape index (κ1) is 23.8. The highest BCUT2D eigenvalue weighted by atomic mass is 16.5. The van der Waals surface area contributed by atoms with Crippen LogP contribution in [0.15, 0.2) is 60.9 Å². The first-order valence-corrected chi connectivity index (χ1v) is 12.0. The number of hydrogen-bond donors (Lipinski definition) is 2. The molecule has 0 aliphatic carbocycles. The van der Waals surface area contributed by atoms with Crippen LogP contribution in [-0.2, 0) is 4.74 Å². The van der Waals surface area contributed by atoms with E-state index in [-0.39, 0.29) is 11.7 Å². The molecule has 0 bridgehead atoms. The lowest BCUT2D eigenvalue weighted by Crippen LogP contribution is -2.49. The van der Waals surface area contributed by atoms with Gasteiger partial charge in [0.25, 0.3) is 5.91 Å². The standard InChI is InChI=1S/C28H30N4O4/c1-35-14-13-31-9-11-32(12-10-31)28(34)23-15-19(7-8-25(23)33)20-16-22-24(18-30-27(22)29-17-20)21-5-3-4-6-26(21)36-2/h3-8,15-18,33H,9-14H2,1-2H3,(H,29,30). The Labute approximate surface area is 210 Å². The highest BCUT2D eigenvalue weighted by molar-refractivity contribution is 6.00. The molecule has 0 atom stereocenters. The zero-order chi connectivity index (χ0) is 25.1. The van der Waals surface area contributed by atoms with Crippen molar-refractivity contribution in [2.45, 2.75) is 0 Å². The van der Waals surface area contributed by atoms with Gasteiger partial charge in [-0.25, -0.2) is 4.98 Å². The van der Waals surface area contributed by atoms with E-state index in [9.17, 15) is 9.90 Å². The fourth-order valence-corrected chi connectivity index (χ4v) is 4.70. The molecule has 5 rings (SSSR count). The van der Waals surface area contributed by atoms with E-state index in [4.69, 9.17) is 9.47 Å². The zero-order valence-corrected chi connectivity index (χ0v) is 20.5. The molecule has 0 unspecified atom stereocenters. The summed E-state index contributed by atoms with van der Waals surface area (Å²) in [6.07, 6.45) is 3.71. The number of piperazine rings is 1. The zero-order valence-electron chi connectivity index (χ0n) is 20.5. The van der Waals surface area contributed by atoms with Gasteiger partial charge in [0, 0.05) is 74.3 Å². The number of phenolic OH excluding ortho intramolecular Hbond substituents is 1. The van der Waals surface area contributed by atoms with Gasteiger partial charge in [0.05, 0.1) is 19.3 Å². The number of ether oxygens (including phenoxy) is 2. The number of pyridine rings is 1. The number of aromatic hydroxyl groups is 1. The topological polar surface area (TPSA) is 90.9 Å². The fourth-order valence-electron chi connectivity index (χ4n) is 4.70. The van der Waals surface area contributed by atoms with Crippen molar-refractivity contribution in [3.05, 3.63) is 66.5 Å². The molecule has 2 aromatic heterocycles. The Morgan fingerprint density at radius 2 is 1.83 bits per heavy atom. The van der Waals surface area contributed by atoms with Crippen molar-refractivity contribution in [3.8, 4) is 33.8 Å². The van der Waals surface area contributed by atoms with E-state index in [1.54, 1.807) is 37.4 Å². The minimum Gasteiger partial charge on any atom is -0.507 e. The lowest BCUT2D eigenvalue weighted by Gasteiger charge is -2.34. The number of carbonyl (C=O) groups excluding carboxylic acids is 1. The van der Waals surface area contributed by atoms with Crippen LogP contribution in [0.25, 0.3) is 33.3 Å². The second kappa shape index (κ2) is 10.4. The molecule has 36 heavy (non-hydrogen) atoms. The minimum absolute atomic E-state index is 0.0176. The number of fused-ring (bicyclic) bond motifs is 1. The highest BCUT2D eigenvalue weighted by Crippen LogP contribution is 2.36. The van der Waals surface area contributed by atoms with Crippen molar-refractivity contribution in [2.24, 2.45) is 0 Å². The largest absolute Gasteiger partial charge is 0.507 e. The maximum Gasteiger partial charge on any atom is 0.257 e. The number of nitrogens with zero attached hydrogens (tertiary/aromatic N) is 3. The van der Waals surface area contributed by atoms with Gasteiger partial charge in [0.1, 0.15) is 17.1 Å². The number of rotatable bonds is 7. The van der Waals surface area contributed by atoms with E-state index in [2.05, 4.69) is 20.9 Å². The molecular weight excluding hydrogens is 456 g/mol. The third kappa shape index (κ3) is 4.65. The van der Waals surface area contributed by atoms with Gasteiger partial charge >= 0.3 is 0 Å². The van der Waals surface area contributed by atoms with E-state index in [1.165, 1.54) is 0 Å². The van der Waals surface area contributed by atoms with Gasteiger partial charge in [-0.1, -0.05) is 24.3 Å².